The lowest BCUT2D eigenvalue weighted by Crippen LogP contribution is -2.44. The van der Waals surface area contributed by atoms with Crippen molar-refractivity contribution in [2.45, 2.75) is 19.3 Å². The van der Waals surface area contributed by atoms with Gasteiger partial charge < -0.3 is 19.7 Å². The van der Waals surface area contributed by atoms with E-state index >= 15 is 0 Å². The number of amides is 4. The standard InChI is InChI=1S/C26H26N4O8S/c1-37-21-12-17(8-9-20(21)38-16-23(31)27-18-6-5-7-19(14-18)30(35)36)13-22-25(33)29(26(34)39-22)15-24(32)28-10-3-2-4-11-28/h5-9,12-14H,2-4,10-11,15-16H2,1H3,(H,27,31)/b22-13-. The van der Waals surface area contributed by atoms with Gasteiger partial charge in [-0.15, -0.1) is 0 Å². The third kappa shape index (κ3) is 6.93. The SMILES string of the molecule is COc1cc(/C=C2\SC(=O)N(CC(=O)N3CCCCC3)C2=O)ccc1OCC(=O)Nc1cccc([N+](=O)[O-])c1. The van der Waals surface area contributed by atoms with Gasteiger partial charge in [-0.05, 0) is 60.9 Å². The van der Waals surface area contributed by atoms with Gasteiger partial charge in [0.05, 0.1) is 16.9 Å². The Morgan fingerprint density at radius 3 is 2.59 bits per heavy atom. The molecule has 2 aromatic rings. The first-order chi connectivity index (χ1) is 18.7. The largest absolute Gasteiger partial charge is 0.493 e. The molecule has 0 unspecified atom stereocenters. The molecule has 0 bridgehead atoms. The second-order valence-electron chi connectivity index (χ2n) is 8.76. The lowest BCUT2D eigenvalue weighted by Gasteiger charge is -2.27. The second-order valence-corrected chi connectivity index (χ2v) is 9.76. The minimum atomic E-state index is -0.561. The number of benzene rings is 2. The van der Waals surface area contributed by atoms with E-state index < -0.39 is 22.0 Å². The van der Waals surface area contributed by atoms with E-state index in [1.54, 1.807) is 23.1 Å². The smallest absolute Gasteiger partial charge is 0.294 e. The average Bonchev–Trinajstić information content (AvgIpc) is 3.19. The molecule has 2 aliphatic rings. The Balaban J connectivity index is 1.38. The third-order valence-electron chi connectivity index (χ3n) is 6.06. The number of piperidine rings is 1. The normalized spacial score (nSPS) is 16.4. The van der Waals surface area contributed by atoms with E-state index in [-0.39, 0.29) is 46.8 Å². The average molecular weight is 555 g/mol. The number of likely N-dealkylation sites (tertiary alicyclic amines) is 1. The van der Waals surface area contributed by atoms with Crippen LogP contribution in [0.2, 0.25) is 0 Å². The molecule has 0 radical (unpaired) electrons. The van der Waals surface area contributed by atoms with Crippen LogP contribution < -0.4 is 14.8 Å². The number of ether oxygens (including phenoxy) is 2. The molecule has 4 rings (SSSR count). The highest BCUT2D eigenvalue weighted by atomic mass is 32.2. The van der Waals surface area contributed by atoms with Gasteiger partial charge in [0.15, 0.2) is 18.1 Å². The molecule has 0 atom stereocenters. The lowest BCUT2D eigenvalue weighted by atomic mass is 10.1. The molecule has 0 spiro atoms. The van der Waals surface area contributed by atoms with Gasteiger partial charge in [0.2, 0.25) is 5.91 Å². The number of hydrogen-bond donors (Lipinski definition) is 1. The number of nitrogens with one attached hydrogen (secondary N) is 1. The summed E-state index contributed by atoms with van der Waals surface area (Å²) in [6.07, 6.45) is 4.42. The number of nitro benzene ring substituents is 1. The highest BCUT2D eigenvalue weighted by Gasteiger charge is 2.37. The predicted octanol–water partition coefficient (Wildman–Crippen LogP) is 3.67. The molecule has 2 aromatic carbocycles. The summed E-state index contributed by atoms with van der Waals surface area (Å²) < 4.78 is 10.9. The predicted molar refractivity (Wildman–Crippen MR) is 143 cm³/mol. The van der Waals surface area contributed by atoms with Gasteiger partial charge in [0, 0.05) is 30.9 Å². The van der Waals surface area contributed by atoms with Crippen LogP contribution in [0.4, 0.5) is 16.2 Å². The minimum Gasteiger partial charge on any atom is -0.493 e. The summed E-state index contributed by atoms with van der Waals surface area (Å²) >= 11 is 0.761. The zero-order valence-corrected chi connectivity index (χ0v) is 21.9. The Morgan fingerprint density at radius 2 is 1.87 bits per heavy atom. The van der Waals surface area contributed by atoms with Crippen molar-refractivity contribution < 1.29 is 33.6 Å². The topological polar surface area (TPSA) is 148 Å². The molecule has 2 heterocycles. The van der Waals surface area contributed by atoms with Crippen molar-refractivity contribution in [3.05, 3.63) is 63.0 Å². The molecular weight excluding hydrogens is 528 g/mol. The van der Waals surface area contributed by atoms with Crippen molar-refractivity contribution in [1.82, 2.24) is 9.80 Å². The molecule has 12 nitrogen and oxygen atoms in total. The molecule has 4 amide bonds. The fourth-order valence-corrected chi connectivity index (χ4v) is 4.94. The van der Waals surface area contributed by atoms with E-state index in [1.165, 1.54) is 37.5 Å². The monoisotopic (exact) mass is 554 g/mol. The summed E-state index contributed by atoms with van der Waals surface area (Å²) in [5.74, 6) is -0.770. The first kappa shape index (κ1) is 27.6. The van der Waals surface area contributed by atoms with Gasteiger partial charge in [-0.1, -0.05) is 12.1 Å². The lowest BCUT2D eigenvalue weighted by molar-refractivity contribution is -0.384. The first-order valence-electron chi connectivity index (χ1n) is 12.1. The fraction of sp³-hybridized carbons (Fsp3) is 0.308. The van der Waals surface area contributed by atoms with Gasteiger partial charge in [0.25, 0.3) is 22.7 Å². The van der Waals surface area contributed by atoms with Crippen LogP contribution in [0.1, 0.15) is 24.8 Å². The number of anilines is 1. The maximum atomic E-state index is 12.9. The highest BCUT2D eigenvalue weighted by molar-refractivity contribution is 8.18. The number of methoxy groups -OCH3 is 1. The molecule has 13 heteroatoms. The fourth-order valence-electron chi connectivity index (χ4n) is 4.10. The van der Waals surface area contributed by atoms with Crippen LogP contribution in [-0.2, 0) is 14.4 Å². The van der Waals surface area contributed by atoms with Crippen molar-refractivity contribution in [2.75, 3.05) is 38.7 Å². The Kier molecular flexibility index (Phi) is 8.81. The van der Waals surface area contributed by atoms with E-state index in [1.807, 2.05) is 0 Å². The van der Waals surface area contributed by atoms with Gasteiger partial charge >= 0.3 is 0 Å². The van der Waals surface area contributed by atoms with Crippen LogP contribution in [-0.4, -0.2) is 71.0 Å². The number of rotatable bonds is 9. The second kappa shape index (κ2) is 12.4. The molecule has 204 valence electrons. The number of hydrogen-bond acceptors (Lipinski definition) is 9. The number of carbonyl (C=O) groups excluding carboxylic acids is 4. The first-order valence-corrected chi connectivity index (χ1v) is 12.9. The third-order valence-corrected chi connectivity index (χ3v) is 6.97. The van der Waals surface area contributed by atoms with Crippen LogP contribution in [0, 0.1) is 10.1 Å². The van der Waals surface area contributed by atoms with E-state index in [0.29, 0.717) is 18.7 Å². The van der Waals surface area contributed by atoms with Crippen LogP contribution in [0.15, 0.2) is 47.4 Å². The van der Waals surface area contributed by atoms with Crippen LogP contribution in [0.25, 0.3) is 6.08 Å². The van der Waals surface area contributed by atoms with Crippen molar-refractivity contribution in [1.29, 1.82) is 0 Å². The van der Waals surface area contributed by atoms with Gasteiger partial charge in [0.1, 0.15) is 6.54 Å². The van der Waals surface area contributed by atoms with E-state index in [4.69, 9.17) is 9.47 Å². The summed E-state index contributed by atoms with van der Waals surface area (Å²) in [4.78, 5) is 63.3. The van der Waals surface area contributed by atoms with Crippen LogP contribution >= 0.6 is 11.8 Å². The van der Waals surface area contributed by atoms with Crippen molar-refractivity contribution >= 4 is 52.2 Å². The van der Waals surface area contributed by atoms with E-state index in [0.717, 1.165) is 35.9 Å². The van der Waals surface area contributed by atoms with Crippen molar-refractivity contribution in [3.63, 3.8) is 0 Å². The number of imide groups is 1. The summed E-state index contributed by atoms with van der Waals surface area (Å²) in [7, 11) is 1.41. The Hall–Kier alpha value is -4.39. The minimum absolute atomic E-state index is 0.155. The van der Waals surface area contributed by atoms with Crippen LogP contribution in [0.5, 0.6) is 11.5 Å². The van der Waals surface area contributed by atoms with Gasteiger partial charge in [-0.3, -0.25) is 34.2 Å². The quantitative estimate of drug-likeness (QED) is 0.278. The Labute approximate surface area is 228 Å². The summed E-state index contributed by atoms with van der Waals surface area (Å²) in [6, 6.07) is 10.3. The molecular formula is C26H26N4O8S. The molecule has 0 aliphatic carbocycles. The molecule has 1 N–H and O–H groups in total. The van der Waals surface area contributed by atoms with E-state index in [9.17, 15) is 29.3 Å². The molecule has 0 aromatic heterocycles. The summed E-state index contributed by atoms with van der Waals surface area (Å²) in [5, 5.41) is 12.9. The Morgan fingerprint density at radius 1 is 1.10 bits per heavy atom. The van der Waals surface area contributed by atoms with Gasteiger partial charge in [-0.2, -0.15) is 0 Å². The summed E-state index contributed by atoms with van der Waals surface area (Å²) in [5.41, 5.74) is 0.650. The maximum absolute atomic E-state index is 12.9. The molecule has 2 saturated heterocycles. The number of carbonyl (C=O) groups is 4. The van der Waals surface area contributed by atoms with Crippen LogP contribution in [0.3, 0.4) is 0 Å². The number of thioether (sulfide) groups is 1. The number of nitro groups is 1. The van der Waals surface area contributed by atoms with Crippen molar-refractivity contribution in [3.8, 4) is 11.5 Å². The maximum Gasteiger partial charge on any atom is 0.294 e. The number of non-ortho nitro benzene ring substituents is 1. The van der Waals surface area contributed by atoms with Crippen molar-refractivity contribution in [2.24, 2.45) is 0 Å². The number of nitrogens with zero attached hydrogens (tertiary/aromatic N) is 3. The molecule has 0 saturated carbocycles. The summed E-state index contributed by atoms with van der Waals surface area (Å²) in [6.45, 7) is 0.601. The zero-order valence-electron chi connectivity index (χ0n) is 21.1. The Bertz CT molecular complexity index is 1340. The van der Waals surface area contributed by atoms with E-state index in [2.05, 4.69) is 5.32 Å². The van der Waals surface area contributed by atoms with Gasteiger partial charge in [-0.25, -0.2) is 0 Å². The molecule has 2 fully saturated rings. The highest BCUT2D eigenvalue weighted by Crippen LogP contribution is 2.34. The molecule has 39 heavy (non-hydrogen) atoms. The zero-order chi connectivity index (χ0) is 27.9. The molecule has 2 aliphatic heterocycles.